The molecule has 6 nitrogen and oxygen atoms in total. The molecule has 3 fully saturated rings. The number of carbonyl (C=O) groups is 2. The normalized spacial score (nSPS) is 22.4. The van der Waals surface area contributed by atoms with Gasteiger partial charge in [0.05, 0.1) is 12.1 Å². The van der Waals surface area contributed by atoms with Crippen LogP contribution in [0.1, 0.15) is 44.2 Å². The van der Waals surface area contributed by atoms with Crippen molar-refractivity contribution < 1.29 is 9.59 Å². The zero-order valence-electron chi connectivity index (χ0n) is 16.4. The molecule has 2 unspecified atom stereocenters. The molecule has 2 aliphatic carbocycles. The quantitative estimate of drug-likeness (QED) is 0.766. The summed E-state index contributed by atoms with van der Waals surface area (Å²) in [7, 11) is 0. The van der Waals surface area contributed by atoms with Crippen molar-refractivity contribution in [1.29, 1.82) is 0 Å². The predicted molar refractivity (Wildman–Crippen MR) is 109 cm³/mol. The topological polar surface area (TPSA) is 64.7 Å². The number of amides is 3. The molecule has 0 bridgehead atoms. The summed E-state index contributed by atoms with van der Waals surface area (Å²) in [5.74, 6) is 0.620. The average molecular weight is 405 g/mol. The number of hydrogen-bond donors (Lipinski definition) is 2. The lowest BCUT2D eigenvalue weighted by Crippen LogP contribution is -2.56. The molecular formula is C21H29ClN4O2. The van der Waals surface area contributed by atoms with Crippen molar-refractivity contribution in [2.75, 3.05) is 26.2 Å². The second-order valence-corrected chi connectivity index (χ2v) is 8.73. The molecule has 0 aromatic heterocycles. The van der Waals surface area contributed by atoms with Crippen LogP contribution in [0.4, 0.5) is 4.79 Å². The van der Waals surface area contributed by atoms with Gasteiger partial charge in [0, 0.05) is 37.2 Å². The van der Waals surface area contributed by atoms with Gasteiger partial charge in [0.25, 0.3) is 0 Å². The van der Waals surface area contributed by atoms with E-state index in [1.807, 2.05) is 36.1 Å². The third-order valence-corrected chi connectivity index (χ3v) is 6.31. The summed E-state index contributed by atoms with van der Waals surface area (Å²) < 4.78 is 0. The number of halogens is 1. The summed E-state index contributed by atoms with van der Waals surface area (Å²) in [6.45, 7) is 4.69. The number of urea groups is 1. The first-order chi connectivity index (χ1) is 13.5. The van der Waals surface area contributed by atoms with Gasteiger partial charge in [-0.05, 0) is 56.2 Å². The molecule has 0 radical (unpaired) electrons. The van der Waals surface area contributed by atoms with Gasteiger partial charge in [-0.15, -0.1) is 0 Å². The van der Waals surface area contributed by atoms with Gasteiger partial charge in [0.2, 0.25) is 5.91 Å². The zero-order chi connectivity index (χ0) is 19.7. The van der Waals surface area contributed by atoms with Gasteiger partial charge < -0.3 is 15.5 Å². The van der Waals surface area contributed by atoms with Crippen molar-refractivity contribution in [3.05, 3.63) is 34.9 Å². The van der Waals surface area contributed by atoms with E-state index in [-0.39, 0.29) is 24.0 Å². The Hall–Kier alpha value is -1.79. The number of carbonyl (C=O) groups excluding carboxylic acids is 2. The number of benzene rings is 1. The first kappa shape index (κ1) is 19.5. The molecule has 0 spiro atoms. The molecule has 1 aromatic carbocycles. The van der Waals surface area contributed by atoms with E-state index < -0.39 is 0 Å². The third kappa shape index (κ3) is 4.78. The van der Waals surface area contributed by atoms with E-state index in [0.717, 1.165) is 44.3 Å². The van der Waals surface area contributed by atoms with Crippen molar-refractivity contribution in [3.8, 4) is 0 Å². The highest BCUT2D eigenvalue weighted by Crippen LogP contribution is 2.41. The van der Waals surface area contributed by atoms with E-state index >= 15 is 0 Å². The first-order valence-corrected chi connectivity index (χ1v) is 10.7. The van der Waals surface area contributed by atoms with Crippen LogP contribution >= 0.6 is 11.6 Å². The highest BCUT2D eigenvalue weighted by atomic mass is 35.5. The highest BCUT2D eigenvalue weighted by Gasteiger charge is 2.35. The number of rotatable bonds is 6. The Balaban J connectivity index is 1.29. The number of nitrogens with one attached hydrogen (secondary N) is 2. The first-order valence-electron chi connectivity index (χ1n) is 10.4. The molecule has 2 N–H and O–H groups in total. The van der Waals surface area contributed by atoms with Crippen LogP contribution in [-0.2, 0) is 4.79 Å². The number of nitrogens with zero attached hydrogens (tertiary/aromatic N) is 2. The van der Waals surface area contributed by atoms with Gasteiger partial charge in [-0.2, -0.15) is 0 Å². The fraction of sp³-hybridized carbons (Fsp3) is 0.619. The monoisotopic (exact) mass is 404 g/mol. The van der Waals surface area contributed by atoms with Crippen LogP contribution in [0.5, 0.6) is 0 Å². The molecule has 152 valence electrons. The molecule has 2 saturated carbocycles. The second kappa shape index (κ2) is 8.29. The maximum Gasteiger partial charge on any atom is 0.317 e. The lowest BCUT2D eigenvalue weighted by Gasteiger charge is -2.38. The van der Waals surface area contributed by atoms with Crippen LogP contribution < -0.4 is 10.6 Å². The van der Waals surface area contributed by atoms with E-state index in [1.54, 1.807) is 0 Å². The SMILES string of the molecule is CC(C(=O)NC1CC1)N1CCN(C(=O)NC(c2ccc(Cl)cc2)C2CC2)CC1. The molecular weight excluding hydrogens is 376 g/mol. The Labute approximate surface area is 171 Å². The molecule has 3 amide bonds. The summed E-state index contributed by atoms with van der Waals surface area (Å²) >= 11 is 6.00. The van der Waals surface area contributed by atoms with Crippen molar-refractivity contribution in [1.82, 2.24) is 20.4 Å². The van der Waals surface area contributed by atoms with E-state index in [1.165, 1.54) is 0 Å². The van der Waals surface area contributed by atoms with Gasteiger partial charge in [-0.25, -0.2) is 4.79 Å². The largest absolute Gasteiger partial charge is 0.352 e. The molecule has 4 rings (SSSR count). The van der Waals surface area contributed by atoms with Gasteiger partial charge in [-0.3, -0.25) is 9.69 Å². The fourth-order valence-electron chi connectivity index (χ4n) is 3.82. The Morgan fingerprint density at radius 2 is 1.68 bits per heavy atom. The molecule has 2 atom stereocenters. The Morgan fingerprint density at radius 3 is 2.25 bits per heavy atom. The maximum absolute atomic E-state index is 12.8. The van der Waals surface area contributed by atoms with Crippen LogP contribution in [0, 0.1) is 5.92 Å². The molecule has 1 saturated heterocycles. The molecule has 1 aromatic rings. The number of piperazine rings is 1. The summed E-state index contributed by atoms with van der Waals surface area (Å²) in [4.78, 5) is 29.1. The summed E-state index contributed by atoms with van der Waals surface area (Å²) in [6.07, 6.45) is 4.49. The average Bonchev–Trinajstić information content (AvgIpc) is 3.61. The minimum Gasteiger partial charge on any atom is -0.352 e. The van der Waals surface area contributed by atoms with Gasteiger partial charge in [0.15, 0.2) is 0 Å². The minimum atomic E-state index is -0.140. The standard InChI is InChI=1S/C21H29ClN4O2/c1-14(20(27)23-18-8-9-18)25-10-12-26(13-11-25)21(28)24-19(15-2-3-15)16-4-6-17(22)7-5-16/h4-7,14-15,18-19H,2-3,8-13H2,1H3,(H,23,27)(H,24,28). The van der Waals surface area contributed by atoms with Gasteiger partial charge in [-0.1, -0.05) is 23.7 Å². The van der Waals surface area contributed by atoms with Crippen LogP contribution in [0.15, 0.2) is 24.3 Å². The summed E-state index contributed by atoms with van der Waals surface area (Å²) in [6, 6.07) is 8.05. The number of hydrogen-bond acceptors (Lipinski definition) is 3. The van der Waals surface area contributed by atoms with Crippen molar-refractivity contribution in [2.45, 2.75) is 50.7 Å². The zero-order valence-corrected chi connectivity index (χ0v) is 17.1. The predicted octanol–water partition coefficient (Wildman–Crippen LogP) is 2.79. The third-order valence-electron chi connectivity index (χ3n) is 6.05. The van der Waals surface area contributed by atoms with E-state index in [0.29, 0.717) is 30.1 Å². The summed E-state index contributed by atoms with van der Waals surface area (Å²) in [5.41, 5.74) is 1.12. The van der Waals surface area contributed by atoms with Gasteiger partial charge in [0.1, 0.15) is 0 Å². The van der Waals surface area contributed by atoms with Crippen molar-refractivity contribution >= 4 is 23.5 Å². The lowest BCUT2D eigenvalue weighted by molar-refractivity contribution is -0.126. The summed E-state index contributed by atoms with van der Waals surface area (Å²) in [5, 5.41) is 7.01. The molecule has 7 heteroatoms. The maximum atomic E-state index is 12.8. The van der Waals surface area contributed by atoms with Crippen LogP contribution in [0.25, 0.3) is 0 Å². The second-order valence-electron chi connectivity index (χ2n) is 8.30. The van der Waals surface area contributed by atoms with Crippen molar-refractivity contribution in [2.24, 2.45) is 5.92 Å². The Bertz CT molecular complexity index is 710. The fourth-order valence-corrected chi connectivity index (χ4v) is 3.95. The van der Waals surface area contributed by atoms with E-state index in [9.17, 15) is 9.59 Å². The molecule has 3 aliphatic rings. The highest BCUT2D eigenvalue weighted by molar-refractivity contribution is 6.30. The molecule has 28 heavy (non-hydrogen) atoms. The van der Waals surface area contributed by atoms with E-state index in [2.05, 4.69) is 15.5 Å². The lowest BCUT2D eigenvalue weighted by atomic mass is 10.0. The smallest absolute Gasteiger partial charge is 0.317 e. The van der Waals surface area contributed by atoms with Crippen LogP contribution in [-0.4, -0.2) is 60.0 Å². The minimum absolute atomic E-state index is 0.0124. The van der Waals surface area contributed by atoms with Crippen LogP contribution in [0.3, 0.4) is 0 Å². The molecule has 1 aliphatic heterocycles. The Kier molecular flexibility index (Phi) is 5.78. The van der Waals surface area contributed by atoms with E-state index in [4.69, 9.17) is 11.6 Å². The molecule has 1 heterocycles. The Morgan fingerprint density at radius 1 is 1.04 bits per heavy atom. The van der Waals surface area contributed by atoms with Gasteiger partial charge >= 0.3 is 6.03 Å². The van der Waals surface area contributed by atoms with Crippen molar-refractivity contribution in [3.63, 3.8) is 0 Å². The van der Waals surface area contributed by atoms with Crippen LogP contribution in [0.2, 0.25) is 5.02 Å².